The van der Waals surface area contributed by atoms with Gasteiger partial charge in [0.1, 0.15) is 10.7 Å². The van der Waals surface area contributed by atoms with Crippen molar-refractivity contribution in [3.05, 3.63) is 16.1 Å². The fraction of sp³-hybridized carbons (Fsp3) is 0.667. The van der Waals surface area contributed by atoms with Crippen LogP contribution in [0.4, 0.5) is 0 Å². The van der Waals surface area contributed by atoms with Crippen molar-refractivity contribution in [3.63, 3.8) is 0 Å². The summed E-state index contributed by atoms with van der Waals surface area (Å²) in [4.78, 5) is 20.8. The molecule has 1 aliphatic heterocycles. The van der Waals surface area contributed by atoms with Crippen LogP contribution < -0.4 is 5.73 Å². The Morgan fingerprint density at radius 2 is 2.33 bits per heavy atom. The molecule has 1 aromatic heterocycles. The van der Waals surface area contributed by atoms with Crippen LogP contribution in [0.1, 0.15) is 35.4 Å². The lowest BCUT2D eigenvalue weighted by Gasteiger charge is -2.37. The summed E-state index contributed by atoms with van der Waals surface area (Å²) >= 11 is 1.46. The van der Waals surface area contributed by atoms with Crippen molar-refractivity contribution in [2.45, 2.75) is 25.9 Å². The zero-order valence-electron chi connectivity index (χ0n) is 11.1. The van der Waals surface area contributed by atoms with E-state index in [1.807, 2.05) is 17.2 Å². The molecule has 1 aromatic rings. The van der Waals surface area contributed by atoms with Crippen LogP contribution in [0.25, 0.3) is 0 Å². The number of nitrogens with two attached hydrogens (primary N) is 1. The first-order valence-corrected chi connectivity index (χ1v) is 7.07. The summed E-state index contributed by atoms with van der Waals surface area (Å²) in [6, 6.07) is 0.123. The van der Waals surface area contributed by atoms with E-state index in [-0.39, 0.29) is 18.0 Å². The lowest BCUT2D eigenvalue weighted by Crippen LogP contribution is -2.52. The third-order valence-corrected chi connectivity index (χ3v) is 4.27. The molecular weight excluding hydrogens is 248 g/mol. The van der Waals surface area contributed by atoms with Crippen molar-refractivity contribution in [1.82, 2.24) is 14.8 Å². The van der Waals surface area contributed by atoms with Crippen molar-refractivity contribution in [3.8, 4) is 0 Å². The molecule has 0 saturated carbocycles. The number of aromatic nitrogens is 1. The number of hydrogen-bond acceptors (Lipinski definition) is 5. The highest BCUT2D eigenvalue weighted by atomic mass is 32.1. The predicted molar refractivity (Wildman–Crippen MR) is 72.7 cm³/mol. The number of carbonyl (C=O) groups excluding carboxylic acids is 1. The van der Waals surface area contributed by atoms with Gasteiger partial charge in [0.05, 0.1) is 6.04 Å². The van der Waals surface area contributed by atoms with Gasteiger partial charge in [0.15, 0.2) is 0 Å². The number of likely N-dealkylation sites (N-methyl/N-ethyl adjacent to an activating group) is 1. The van der Waals surface area contributed by atoms with E-state index in [1.165, 1.54) is 11.3 Å². The van der Waals surface area contributed by atoms with Crippen molar-refractivity contribution in [2.24, 2.45) is 5.73 Å². The number of rotatable bonds is 2. The molecule has 1 aliphatic rings. The molecule has 0 bridgehead atoms. The van der Waals surface area contributed by atoms with E-state index >= 15 is 0 Å². The van der Waals surface area contributed by atoms with Crippen LogP contribution in [0.5, 0.6) is 0 Å². The quantitative estimate of drug-likeness (QED) is 0.867. The first kappa shape index (κ1) is 13.5. The molecular formula is C12H20N4OS. The smallest absolute Gasteiger partial charge is 0.273 e. The first-order valence-electron chi connectivity index (χ1n) is 6.19. The molecule has 6 heteroatoms. The van der Waals surface area contributed by atoms with Crippen molar-refractivity contribution < 1.29 is 4.79 Å². The van der Waals surface area contributed by atoms with Crippen LogP contribution in [-0.2, 0) is 0 Å². The highest BCUT2D eigenvalue weighted by Gasteiger charge is 2.28. The Balaban J connectivity index is 2.10. The molecule has 18 heavy (non-hydrogen) atoms. The van der Waals surface area contributed by atoms with Crippen LogP contribution in [0.3, 0.4) is 0 Å². The second-order valence-electron chi connectivity index (χ2n) is 4.97. The molecule has 2 unspecified atom stereocenters. The predicted octanol–water partition coefficient (Wildman–Crippen LogP) is 0.939. The summed E-state index contributed by atoms with van der Waals surface area (Å²) in [5, 5.41) is 2.63. The highest BCUT2D eigenvalue weighted by molar-refractivity contribution is 7.09. The minimum Gasteiger partial charge on any atom is -0.332 e. The summed E-state index contributed by atoms with van der Waals surface area (Å²) in [6.45, 7) is 6.55. The summed E-state index contributed by atoms with van der Waals surface area (Å²) in [5.74, 6) is 0.0266. The van der Waals surface area contributed by atoms with Gasteiger partial charge in [-0.15, -0.1) is 11.3 Å². The zero-order valence-corrected chi connectivity index (χ0v) is 11.9. The van der Waals surface area contributed by atoms with Gasteiger partial charge >= 0.3 is 0 Å². The molecule has 0 aromatic carbocycles. The number of hydrogen-bond donors (Lipinski definition) is 1. The van der Waals surface area contributed by atoms with Gasteiger partial charge in [-0.1, -0.05) is 0 Å². The second kappa shape index (κ2) is 5.34. The highest BCUT2D eigenvalue weighted by Crippen LogP contribution is 2.19. The Bertz CT molecular complexity index is 431. The molecule has 2 rings (SSSR count). The van der Waals surface area contributed by atoms with Gasteiger partial charge in [-0.05, 0) is 20.9 Å². The van der Waals surface area contributed by atoms with Crippen LogP contribution in [-0.4, -0.2) is 53.4 Å². The first-order chi connectivity index (χ1) is 8.49. The average Bonchev–Trinajstić information content (AvgIpc) is 2.77. The number of carbonyl (C=O) groups is 1. The Morgan fingerprint density at radius 3 is 2.89 bits per heavy atom. The fourth-order valence-corrected chi connectivity index (χ4v) is 2.94. The molecule has 2 N–H and O–H groups in total. The van der Waals surface area contributed by atoms with E-state index in [4.69, 9.17) is 5.73 Å². The maximum Gasteiger partial charge on any atom is 0.273 e. The molecule has 1 saturated heterocycles. The molecule has 2 atom stereocenters. The van der Waals surface area contributed by atoms with E-state index in [1.54, 1.807) is 0 Å². The van der Waals surface area contributed by atoms with Gasteiger partial charge in [0.2, 0.25) is 0 Å². The van der Waals surface area contributed by atoms with E-state index in [9.17, 15) is 4.79 Å². The molecule has 100 valence electrons. The van der Waals surface area contributed by atoms with Crippen molar-refractivity contribution in [1.29, 1.82) is 0 Å². The van der Waals surface area contributed by atoms with E-state index in [2.05, 4.69) is 23.9 Å². The Hall–Kier alpha value is -0.980. The fourth-order valence-electron chi connectivity index (χ4n) is 2.18. The summed E-state index contributed by atoms with van der Waals surface area (Å²) in [6.07, 6.45) is 0. The summed E-state index contributed by atoms with van der Waals surface area (Å²) in [7, 11) is 2.08. The third-order valence-electron chi connectivity index (χ3n) is 3.22. The van der Waals surface area contributed by atoms with Gasteiger partial charge in [0.25, 0.3) is 5.91 Å². The Labute approximate surface area is 112 Å². The molecule has 2 heterocycles. The van der Waals surface area contributed by atoms with E-state index < -0.39 is 0 Å². The SMILES string of the molecule is CC(N)c1nc(C(=O)N2CCN(C)CC2C)cs1. The third kappa shape index (κ3) is 2.71. The van der Waals surface area contributed by atoms with Gasteiger partial charge < -0.3 is 15.5 Å². The van der Waals surface area contributed by atoms with Crippen LogP contribution in [0.15, 0.2) is 5.38 Å². The summed E-state index contributed by atoms with van der Waals surface area (Å²) < 4.78 is 0. The second-order valence-corrected chi connectivity index (χ2v) is 5.86. The molecule has 1 amide bonds. The van der Waals surface area contributed by atoms with Gasteiger partial charge in [-0.3, -0.25) is 4.79 Å². The number of amides is 1. The lowest BCUT2D eigenvalue weighted by molar-refractivity contribution is 0.0528. The van der Waals surface area contributed by atoms with Crippen LogP contribution >= 0.6 is 11.3 Å². The minimum atomic E-state index is -0.110. The molecule has 0 spiro atoms. The Kier molecular flexibility index (Phi) is 3.99. The van der Waals surface area contributed by atoms with Crippen LogP contribution in [0, 0.1) is 0 Å². The van der Waals surface area contributed by atoms with E-state index in [0.29, 0.717) is 5.69 Å². The maximum absolute atomic E-state index is 12.4. The number of piperazine rings is 1. The Morgan fingerprint density at radius 1 is 1.61 bits per heavy atom. The van der Waals surface area contributed by atoms with Crippen molar-refractivity contribution in [2.75, 3.05) is 26.7 Å². The lowest BCUT2D eigenvalue weighted by atomic mass is 10.2. The average molecular weight is 268 g/mol. The molecule has 5 nitrogen and oxygen atoms in total. The molecule has 1 fully saturated rings. The van der Waals surface area contributed by atoms with Gasteiger partial charge in [-0.25, -0.2) is 4.98 Å². The number of nitrogens with zero attached hydrogens (tertiary/aromatic N) is 3. The van der Waals surface area contributed by atoms with Crippen molar-refractivity contribution >= 4 is 17.2 Å². The molecule has 0 aliphatic carbocycles. The number of thiazole rings is 1. The zero-order chi connectivity index (χ0) is 13.3. The monoisotopic (exact) mass is 268 g/mol. The standard InChI is InChI=1S/C12H20N4OS/c1-8-6-15(3)4-5-16(8)12(17)10-7-18-11(14-10)9(2)13/h7-9H,4-6,13H2,1-3H3. The largest absolute Gasteiger partial charge is 0.332 e. The molecule has 0 radical (unpaired) electrons. The minimum absolute atomic E-state index is 0.0266. The van der Waals surface area contributed by atoms with E-state index in [0.717, 1.165) is 24.6 Å². The van der Waals surface area contributed by atoms with Gasteiger partial charge in [0, 0.05) is 31.1 Å². The summed E-state index contributed by atoms with van der Waals surface area (Å²) in [5.41, 5.74) is 6.30. The van der Waals surface area contributed by atoms with Crippen LogP contribution in [0.2, 0.25) is 0 Å². The topological polar surface area (TPSA) is 62.5 Å². The maximum atomic E-state index is 12.4. The normalized spacial score (nSPS) is 23.1. The van der Waals surface area contributed by atoms with Gasteiger partial charge in [-0.2, -0.15) is 0 Å².